The largest absolute Gasteiger partial charge is 0.478 e. The first-order valence-electron chi connectivity index (χ1n) is 10.1. The van der Waals surface area contributed by atoms with E-state index in [4.69, 9.17) is 4.74 Å². The Morgan fingerprint density at radius 3 is 2.25 bits per heavy atom. The number of fused-ring (bicyclic) bond motifs is 1. The minimum Gasteiger partial charge on any atom is -0.478 e. The summed E-state index contributed by atoms with van der Waals surface area (Å²) in [5.41, 5.74) is 3.02. The molecule has 4 aromatic rings. The molecule has 1 heterocycles. The van der Waals surface area contributed by atoms with Crippen LogP contribution in [-0.4, -0.2) is 27.7 Å². The molecule has 0 amide bonds. The second-order valence-corrected chi connectivity index (χ2v) is 7.41. The Bertz CT molecular complexity index is 1290. The van der Waals surface area contributed by atoms with Gasteiger partial charge in [-0.05, 0) is 24.6 Å². The third kappa shape index (κ3) is 3.90. The minimum atomic E-state index is -1.27. The summed E-state index contributed by atoms with van der Waals surface area (Å²) in [6.45, 7) is 2.26. The van der Waals surface area contributed by atoms with Crippen LogP contribution < -0.4 is 4.74 Å². The summed E-state index contributed by atoms with van der Waals surface area (Å²) < 4.78 is 7.89. The Balaban J connectivity index is 1.89. The summed E-state index contributed by atoms with van der Waals surface area (Å²) in [4.78, 5) is 36.0. The number of ether oxygens (including phenoxy) is 1. The molecule has 0 aliphatic heterocycles. The SMILES string of the molecule is Cc1c(C(=O)C=O)c2c(OC(C(=O)O)c3ccccc3)cccc2n1Cc1ccccc1. The van der Waals surface area contributed by atoms with Crippen LogP contribution in [0.25, 0.3) is 10.9 Å². The van der Waals surface area contributed by atoms with Gasteiger partial charge in [-0.3, -0.25) is 9.59 Å². The molecule has 0 aliphatic carbocycles. The van der Waals surface area contributed by atoms with E-state index in [1.54, 1.807) is 49.4 Å². The van der Waals surface area contributed by atoms with Gasteiger partial charge in [-0.1, -0.05) is 66.7 Å². The number of aldehydes is 1. The third-order valence-corrected chi connectivity index (χ3v) is 5.42. The number of aliphatic carboxylic acids is 1. The minimum absolute atomic E-state index is 0.221. The van der Waals surface area contributed by atoms with Gasteiger partial charge >= 0.3 is 5.97 Å². The average molecular weight is 427 g/mol. The maximum atomic E-state index is 12.6. The van der Waals surface area contributed by atoms with Gasteiger partial charge in [-0.25, -0.2) is 4.79 Å². The van der Waals surface area contributed by atoms with Crippen LogP contribution in [0.2, 0.25) is 0 Å². The quantitative estimate of drug-likeness (QED) is 0.253. The zero-order chi connectivity index (χ0) is 22.7. The first-order chi connectivity index (χ1) is 15.5. The first kappa shape index (κ1) is 21.1. The molecule has 1 N–H and O–H groups in total. The van der Waals surface area contributed by atoms with Crippen LogP contribution in [0.5, 0.6) is 5.75 Å². The van der Waals surface area contributed by atoms with Gasteiger partial charge in [0.05, 0.1) is 16.5 Å². The number of aromatic nitrogens is 1. The van der Waals surface area contributed by atoms with Crippen LogP contribution in [0.1, 0.15) is 33.3 Å². The van der Waals surface area contributed by atoms with E-state index in [2.05, 4.69) is 0 Å². The fraction of sp³-hybridized carbons (Fsp3) is 0.115. The summed E-state index contributed by atoms with van der Waals surface area (Å²) in [5, 5.41) is 10.2. The number of nitrogens with zero attached hydrogens (tertiary/aromatic N) is 1. The number of benzene rings is 3. The van der Waals surface area contributed by atoms with Crippen molar-refractivity contribution in [2.75, 3.05) is 0 Å². The lowest BCUT2D eigenvalue weighted by Gasteiger charge is -2.17. The highest BCUT2D eigenvalue weighted by Crippen LogP contribution is 2.36. The molecule has 0 saturated heterocycles. The van der Waals surface area contributed by atoms with E-state index in [0.717, 1.165) is 5.56 Å². The molecule has 0 aliphatic rings. The summed E-state index contributed by atoms with van der Waals surface area (Å²) in [7, 11) is 0. The van der Waals surface area contributed by atoms with Gasteiger partial charge in [0, 0.05) is 17.8 Å². The molecule has 4 rings (SSSR count). The van der Waals surface area contributed by atoms with Crippen LogP contribution >= 0.6 is 0 Å². The van der Waals surface area contributed by atoms with Crippen molar-refractivity contribution in [1.82, 2.24) is 4.57 Å². The lowest BCUT2D eigenvalue weighted by Crippen LogP contribution is -2.18. The topological polar surface area (TPSA) is 85.6 Å². The summed E-state index contributed by atoms with van der Waals surface area (Å²) >= 11 is 0. The Morgan fingerprint density at radius 2 is 1.62 bits per heavy atom. The molecule has 1 aromatic heterocycles. The van der Waals surface area contributed by atoms with Crippen molar-refractivity contribution in [3.63, 3.8) is 0 Å². The molecule has 0 saturated carbocycles. The zero-order valence-corrected chi connectivity index (χ0v) is 17.4. The van der Waals surface area contributed by atoms with Crippen molar-refractivity contribution in [2.24, 2.45) is 0 Å². The Labute approximate surface area is 184 Å². The number of carbonyl (C=O) groups excluding carboxylic acids is 2. The molecule has 0 radical (unpaired) electrons. The van der Waals surface area contributed by atoms with Crippen LogP contribution in [0.15, 0.2) is 78.9 Å². The van der Waals surface area contributed by atoms with Crippen LogP contribution in [-0.2, 0) is 16.1 Å². The Kier molecular flexibility index (Phi) is 5.85. The van der Waals surface area contributed by atoms with Gasteiger partial charge in [-0.15, -0.1) is 0 Å². The second-order valence-electron chi connectivity index (χ2n) is 7.41. The highest BCUT2D eigenvalue weighted by molar-refractivity contribution is 6.37. The second kappa shape index (κ2) is 8.89. The van der Waals surface area contributed by atoms with E-state index >= 15 is 0 Å². The number of carboxylic acids is 1. The maximum Gasteiger partial charge on any atom is 0.349 e. The number of carbonyl (C=O) groups is 3. The van der Waals surface area contributed by atoms with Crippen molar-refractivity contribution < 1.29 is 24.2 Å². The standard InChI is InChI=1S/C26H21NO5/c1-17-23(21(29)16-28)24-20(27(17)15-18-9-4-2-5-10-18)13-8-14-22(24)32-25(26(30)31)19-11-6-3-7-12-19/h2-14,16,25H,15H2,1H3,(H,30,31). The molecular weight excluding hydrogens is 406 g/mol. The molecule has 0 bridgehead atoms. The molecule has 32 heavy (non-hydrogen) atoms. The van der Waals surface area contributed by atoms with E-state index in [0.29, 0.717) is 28.7 Å². The summed E-state index contributed by atoms with van der Waals surface area (Å²) in [6, 6.07) is 23.5. The van der Waals surface area contributed by atoms with E-state index < -0.39 is 17.9 Å². The zero-order valence-electron chi connectivity index (χ0n) is 17.4. The van der Waals surface area contributed by atoms with E-state index in [-0.39, 0.29) is 17.6 Å². The van der Waals surface area contributed by atoms with Gasteiger partial charge in [0.2, 0.25) is 11.9 Å². The Hall–Kier alpha value is -4.19. The van der Waals surface area contributed by atoms with Gasteiger partial charge in [0.25, 0.3) is 0 Å². The van der Waals surface area contributed by atoms with Crippen molar-refractivity contribution in [3.8, 4) is 5.75 Å². The van der Waals surface area contributed by atoms with E-state index in [1.165, 1.54) is 0 Å². The summed E-state index contributed by atoms with van der Waals surface area (Å²) in [6.07, 6.45) is -0.990. The van der Waals surface area contributed by atoms with Crippen molar-refractivity contribution in [3.05, 3.63) is 101 Å². The predicted molar refractivity (Wildman–Crippen MR) is 120 cm³/mol. The molecule has 160 valence electrons. The highest BCUT2D eigenvalue weighted by Gasteiger charge is 2.27. The fourth-order valence-electron chi connectivity index (χ4n) is 3.94. The van der Waals surface area contributed by atoms with E-state index in [1.807, 2.05) is 41.0 Å². The number of rotatable bonds is 8. The number of carboxylic acid groups (broad SMARTS) is 1. The van der Waals surface area contributed by atoms with Crippen molar-refractivity contribution in [1.29, 1.82) is 0 Å². The normalized spacial score (nSPS) is 11.8. The van der Waals surface area contributed by atoms with Crippen molar-refractivity contribution >= 4 is 28.9 Å². The molecule has 1 atom stereocenters. The predicted octanol–water partition coefficient (Wildman–Crippen LogP) is 4.58. The average Bonchev–Trinajstić information content (AvgIpc) is 3.10. The lowest BCUT2D eigenvalue weighted by molar-refractivity contribution is -0.145. The van der Waals surface area contributed by atoms with Gasteiger partial charge in [-0.2, -0.15) is 0 Å². The monoisotopic (exact) mass is 427 g/mol. The molecule has 6 heteroatoms. The number of hydrogen-bond donors (Lipinski definition) is 1. The highest BCUT2D eigenvalue weighted by atomic mass is 16.5. The maximum absolute atomic E-state index is 12.6. The first-order valence-corrected chi connectivity index (χ1v) is 10.1. The van der Waals surface area contributed by atoms with E-state index in [9.17, 15) is 19.5 Å². The number of Topliss-reactive ketones (excluding diaryl/α,β-unsaturated/α-hetero) is 1. The molecular formula is C26H21NO5. The van der Waals surface area contributed by atoms with Gasteiger partial charge in [0.1, 0.15) is 5.75 Å². The number of ketones is 1. The van der Waals surface area contributed by atoms with Gasteiger partial charge in [0.15, 0.2) is 6.29 Å². The smallest absolute Gasteiger partial charge is 0.349 e. The van der Waals surface area contributed by atoms with Gasteiger partial charge < -0.3 is 14.4 Å². The van der Waals surface area contributed by atoms with Crippen LogP contribution in [0, 0.1) is 6.92 Å². The van der Waals surface area contributed by atoms with Crippen molar-refractivity contribution in [2.45, 2.75) is 19.6 Å². The Morgan fingerprint density at radius 1 is 0.969 bits per heavy atom. The fourth-order valence-corrected chi connectivity index (χ4v) is 3.94. The molecule has 6 nitrogen and oxygen atoms in total. The molecule has 0 fully saturated rings. The lowest BCUT2D eigenvalue weighted by atomic mass is 10.1. The van der Waals surface area contributed by atoms with Crippen LogP contribution in [0.4, 0.5) is 0 Å². The molecule has 1 unspecified atom stereocenters. The number of hydrogen-bond acceptors (Lipinski definition) is 4. The molecule has 0 spiro atoms. The van der Waals surface area contributed by atoms with Crippen LogP contribution in [0.3, 0.4) is 0 Å². The summed E-state index contributed by atoms with van der Waals surface area (Å²) in [5.74, 6) is -1.60. The molecule has 3 aromatic carbocycles. The third-order valence-electron chi connectivity index (χ3n) is 5.42.